The number of hydrogen-bond acceptors (Lipinski definition) is 2. The van der Waals surface area contributed by atoms with E-state index < -0.39 is 0 Å². The molecule has 2 aliphatic rings. The van der Waals surface area contributed by atoms with Crippen molar-refractivity contribution in [2.24, 2.45) is 17.8 Å². The number of fused-ring (bicyclic) bond motifs is 2. The zero-order valence-corrected chi connectivity index (χ0v) is 13.6. The first-order valence-electron chi connectivity index (χ1n) is 7.18. The van der Waals surface area contributed by atoms with Gasteiger partial charge in [-0.05, 0) is 72.5 Å². The fourth-order valence-electron chi connectivity index (χ4n) is 4.07. The SMILES string of the molecule is CCNC(c1sc(C)cc1Br)C1CC2CCC1C2. The van der Waals surface area contributed by atoms with Gasteiger partial charge in [0.15, 0.2) is 0 Å². The summed E-state index contributed by atoms with van der Waals surface area (Å²) in [5.74, 6) is 2.88. The molecule has 3 rings (SSSR count). The summed E-state index contributed by atoms with van der Waals surface area (Å²) in [6.07, 6.45) is 5.91. The van der Waals surface area contributed by atoms with Gasteiger partial charge in [-0.3, -0.25) is 0 Å². The minimum atomic E-state index is 0.582. The van der Waals surface area contributed by atoms with Crippen LogP contribution in [0, 0.1) is 24.7 Å². The van der Waals surface area contributed by atoms with Gasteiger partial charge in [-0.1, -0.05) is 13.3 Å². The second kappa shape index (κ2) is 5.26. The van der Waals surface area contributed by atoms with Crippen molar-refractivity contribution in [1.29, 1.82) is 0 Å². The molecule has 1 N–H and O–H groups in total. The Morgan fingerprint density at radius 2 is 2.28 bits per heavy atom. The lowest BCUT2D eigenvalue weighted by Crippen LogP contribution is -2.31. The maximum atomic E-state index is 3.76. The lowest BCUT2D eigenvalue weighted by molar-refractivity contribution is 0.255. The fraction of sp³-hybridized carbons (Fsp3) is 0.733. The molecule has 100 valence electrons. The maximum absolute atomic E-state index is 3.76. The molecule has 1 aromatic rings. The highest BCUT2D eigenvalue weighted by Gasteiger charge is 2.43. The molecule has 0 amide bonds. The molecule has 1 heterocycles. The van der Waals surface area contributed by atoms with Crippen molar-refractivity contribution in [3.8, 4) is 0 Å². The Hall–Kier alpha value is 0.140. The van der Waals surface area contributed by atoms with Crippen molar-refractivity contribution in [3.63, 3.8) is 0 Å². The molecule has 0 radical (unpaired) electrons. The normalized spacial score (nSPS) is 32.1. The molecular weight excluding hydrogens is 306 g/mol. The third-order valence-corrected chi connectivity index (χ3v) is 6.82. The number of nitrogens with one attached hydrogen (secondary N) is 1. The molecule has 0 aromatic carbocycles. The van der Waals surface area contributed by atoms with Crippen LogP contribution >= 0.6 is 27.3 Å². The first-order chi connectivity index (χ1) is 8.69. The second-order valence-corrected chi connectivity index (χ2v) is 8.09. The van der Waals surface area contributed by atoms with Gasteiger partial charge in [0.2, 0.25) is 0 Å². The van der Waals surface area contributed by atoms with Gasteiger partial charge in [-0.15, -0.1) is 11.3 Å². The lowest BCUT2D eigenvalue weighted by Gasteiger charge is -2.31. The summed E-state index contributed by atoms with van der Waals surface area (Å²) in [4.78, 5) is 2.95. The summed E-state index contributed by atoms with van der Waals surface area (Å²) in [6.45, 7) is 5.51. The molecule has 2 bridgehead atoms. The van der Waals surface area contributed by atoms with Crippen LogP contribution in [-0.2, 0) is 0 Å². The maximum Gasteiger partial charge on any atom is 0.0457 e. The van der Waals surface area contributed by atoms with Gasteiger partial charge in [0.05, 0.1) is 0 Å². The largest absolute Gasteiger partial charge is 0.309 e. The van der Waals surface area contributed by atoms with Crippen LogP contribution in [-0.4, -0.2) is 6.54 Å². The average molecular weight is 328 g/mol. The Morgan fingerprint density at radius 1 is 1.44 bits per heavy atom. The van der Waals surface area contributed by atoms with E-state index in [2.05, 4.69) is 41.2 Å². The number of thiophene rings is 1. The Balaban J connectivity index is 1.86. The molecule has 0 saturated heterocycles. The Bertz CT molecular complexity index is 428. The Morgan fingerprint density at radius 3 is 2.78 bits per heavy atom. The van der Waals surface area contributed by atoms with E-state index in [4.69, 9.17) is 0 Å². The van der Waals surface area contributed by atoms with E-state index in [1.807, 2.05) is 11.3 Å². The first kappa shape index (κ1) is 13.1. The van der Waals surface area contributed by atoms with Crippen LogP contribution in [0.1, 0.15) is 48.4 Å². The molecule has 1 aromatic heterocycles. The molecule has 2 aliphatic carbocycles. The van der Waals surface area contributed by atoms with E-state index in [1.165, 1.54) is 39.9 Å². The monoisotopic (exact) mass is 327 g/mol. The van der Waals surface area contributed by atoms with Crippen molar-refractivity contribution in [2.45, 2.75) is 45.6 Å². The quantitative estimate of drug-likeness (QED) is 0.828. The zero-order chi connectivity index (χ0) is 12.7. The van der Waals surface area contributed by atoms with E-state index in [0.29, 0.717) is 6.04 Å². The van der Waals surface area contributed by atoms with E-state index in [1.54, 1.807) is 0 Å². The highest BCUT2D eigenvalue weighted by molar-refractivity contribution is 9.10. The number of hydrogen-bond donors (Lipinski definition) is 1. The summed E-state index contributed by atoms with van der Waals surface area (Å²) >= 11 is 5.73. The van der Waals surface area contributed by atoms with Gasteiger partial charge in [0.1, 0.15) is 0 Å². The Kier molecular flexibility index (Phi) is 3.84. The zero-order valence-electron chi connectivity index (χ0n) is 11.2. The van der Waals surface area contributed by atoms with Crippen LogP contribution in [0.5, 0.6) is 0 Å². The van der Waals surface area contributed by atoms with Crippen LogP contribution in [0.2, 0.25) is 0 Å². The van der Waals surface area contributed by atoms with Crippen LogP contribution in [0.25, 0.3) is 0 Å². The topological polar surface area (TPSA) is 12.0 Å². The summed E-state index contributed by atoms with van der Waals surface area (Å²) in [6, 6.07) is 2.86. The van der Waals surface area contributed by atoms with Crippen LogP contribution in [0.15, 0.2) is 10.5 Å². The molecule has 4 atom stereocenters. The van der Waals surface area contributed by atoms with Gasteiger partial charge in [0, 0.05) is 20.3 Å². The smallest absolute Gasteiger partial charge is 0.0457 e. The summed E-state index contributed by atoms with van der Waals surface area (Å²) in [7, 11) is 0. The van der Waals surface area contributed by atoms with Gasteiger partial charge < -0.3 is 5.32 Å². The number of aryl methyl sites for hydroxylation is 1. The molecule has 4 unspecified atom stereocenters. The van der Waals surface area contributed by atoms with Gasteiger partial charge >= 0.3 is 0 Å². The second-order valence-electron chi connectivity index (χ2n) is 5.94. The van der Waals surface area contributed by atoms with E-state index in [-0.39, 0.29) is 0 Å². The van der Waals surface area contributed by atoms with Crippen LogP contribution < -0.4 is 5.32 Å². The molecule has 3 heteroatoms. The minimum Gasteiger partial charge on any atom is -0.309 e. The van der Waals surface area contributed by atoms with Crippen LogP contribution in [0.3, 0.4) is 0 Å². The van der Waals surface area contributed by atoms with Gasteiger partial charge in [-0.25, -0.2) is 0 Å². The summed E-state index contributed by atoms with van der Waals surface area (Å²) < 4.78 is 1.32. The van der Waals surface area contributed by atoms with Gasteiger partial charge in [-0.2, -0.15) is 0 Å². The Labute approximate surface area is 122 Å². The number of rotatable bonds is 4. The van der Waals surface area contributed by atoms with E-state index in [9.17, 15) is 0 Å². The van der Waals surface area contributed by atoms with E-state index >= 15 is 0 Å². The molecule has 2 saturated carbocycles. The van der Waals surface area contributed by atoms with Crippen molar-refractivity contribution in [3.05, 3.63) is 20.3 Å². The minimum absolute atomic E-state index is 0.582. The average Bonchev–Trinajstić information content (AvgIpc) is 3.01. The molecule has 1 nitrogen and oxygen atoms in total. The van der Waals surface area contributed by atoms with Crippen molar-refractivity contribution in [2.75, 3.05) is 6.54 Å². The van der Waals surface area contributed by atoms with E-state index in [0.717, 1.165) is 24.3 Å². The van der Waals surface area contributed by atoms with Crippen molar-refractivity contribution < 1.29 is 0 Å². The standard InChI is InChI=1S/C15H22BrNS/c1-3-17-14(15-13(16)6-9(2)18-15)12-8-10-4-5-11(12)7-10/h6,10-12,14,17H,3-5,7-8H2,1-2H3. The predicted octanol–water partition coefficient (Wildman–Crippen LogP) is 4.91. The van der Waals surface area contributed by atoms with Crippen LogP contribution in [0.4, 0.5) is 0 Å². The molecule has 18 heavy (non-hydrogen) atoms. The first-order valence-corrected chi connectivity index (χ1v) is 8.79. The lowest BCUT2D eigenvalue weighted by atomic mass is 9.82. The molecule has 0 aliphatic heterocycles. The highest BCUT2D eigenvalue weighted by Crippen LogP contribution is 2.53. The molecule has 0 spiro atoms. The fourth-order valence-corrected chi connectivity index (χ4v) is 6.12. The van der Waals surface area contributed by atoms with Crippen molar-refractivity contribution >= 4 is 27.3 Å². The van der Waals surface area contributed by atoms with Gasteiger partial charge in [0.25, 0.3) is 0 Å². The van der Waals surface area contributed by atoms with Crippen molar-refractivity contribution in [1.82, 2.24) is 5.32 Å². The molecular formula is C15H22BrNS. The third-order valence-electron chi connectivity index (χ3n) is 4.76. The predicted molar refractivity (Wildman–Crippen MR) is 82.1 cm³/mol. The third kappa shape index (κ3) is 2.30. The highest BCUT2D eigenvalue weighted by atomic mass is 79.9. The number of halogens is 1. The summed E-state index contributed by atoms with van der Waals surface area (Å²) in [5.41, 5.74) is 0. The molecule has 2 fully saturated rings. The summed E-state index contributed by atoms with van der Waals surface area (Å²) in [5, 5.41) is 3.76.